The van der Waals surface area contributed by atoms with Crippen molar-refractivity contribution in [3.8, 4) is 0 Å². The van der Waals surface area contributed by atoms with Crippen LogP contribution in [-0.2, 0) is 14.8 Å². The maximum absolute atomic E-state index is 12.7. The van der Waals surface area contributed by atoms with Crippen LogP contribution in [0.1, 0.15) is 26.3 Å². The van der Waals surface area contributed by atoms with Gasteiger partial charge in [-0.15, -0.1) is 0 Å². The molecule has 0 fully saturated rings. The smallest absolute Gasteiger partial charge is 0.318 e. The van der Waals surface area contributed by atoms with Crippen LogP contribution in [0, 0.1) is 6.92 Å². The maximum Gasteiger partial charge on any atom is 0.318 e. The fraction of sp³-hybridized carbons (Fsp3) is 0.462. The number of carboxylic acid groups (broad SMARTS) is 1. The highest BCUT2D eigenvalue weighted by molar-refractivity contribution is 7.89. The van der Waals surface area contributed by atoms with E-state index >= 15 is 0 Å². The van der Waals surface area contributed by atoms with Crippen LogP contribution in [0.4, 0.5) is 0 Å². The molecule has 0 aliphatic heterocycles. The molecule has 0 saturated heterocycles. The number of aryl methyl sites for hydroxylation is 1. The Morgan fingerprint density at radius 3 is 2.30 bits per heavy atom. The highest BCUT2D eigenvalue weighted by Gasteiger charge is 2.36. The maximum atomic E-state index is 12.7. The van der Waals surface area contributed by atoms with Gasteiger partial charge in [-0.3, -0.25) is 4.79 Å². The summed E-state index contributed by atoms with van der Waals surface area (Å²) in [5.41, 5.74) is -0.360. The van der Waals surface area contributed by atoms with Crippen LogP contribution in [0.25, 0.3) is 0 Å². The molecule has 112 valence electrons. The molecule has 5 nitrogen and oxygen atoms in total. The predicted molar refractivity (Wildman–Crippen MR) is 77.5 cm³/mol. The molecule has 0 amide bonds. The lowest BCUT2D eigenvalue weighted by Gasteiger charge is -2.33. The molecule has 0 heterocycles. The van der Waals surface area contributed by atoms with E-state index in [2.05, 4.69) is 0 Å². The molecular formula is C13H18ClNO4S. The summed E-state index contributed by atoms with van der Waals surface area (Å²) in [4.78, 5) is 11.0. The lowest BCUT2D eigenvalue weighted by Crippen LogP contribution is -2.48. The molecule has 20 heavy (non-hydrogen) atoms. The van der Waals surface area contributed by atoms with Crippen molar-refractivity contribution in [3.05, 3.63) is 28.8 Å². The Labute approximate surface area is 124 Å². The van der Waals surface area contributed by atoms with Gasteiger partial charge < -0.3 is 5.11 Å². The Morgan fingerprint density at radius 2 is 1.90 bits per heavy atom. The average molecular weight is 320 g/mol. The fourth-order valence-corrected chi connectivity index (χ4v) is 4.00. The Balaban J connectivity index is 3.40. The molecule has 0 bridgehead atoms. The number of rotatable bonds is 4. The SMILES string of the molecule is Cc1cc(Cl)ccc1S(=O)(=O)N(CC(=O)O)C(C)(C)C. The van der Waals surface area contributed by atoms with Crippen molar-refractivity contribution in [2.45, 2.75) is 38.1 Å². The van der Waals surface area contributed by atoms with E-state index in [0.29, 0.717) is 10.6 Å². The van der Waals surface area contributed by atoms with Crippen LogP contribution in [0.15, 0.2) is 23.1 Å². The first-order valence-corrected chi connectivity index (χ1v) is 7.79. The third-order valence-corrected chi connectivity index (χ3v) is 5.24. The summed E-state index contributed by atoms with van der Waals surface area (Å²) in [7, 11) is -3.91. The average Bonchev–Trinajstić information content (AvgIpc) is 2.23. The van der Waals surface area contributed by atoms with Gasteiger partial charge in [-0.05, 0) is 51.5 Å². The minimum atomic E-state index is -3.91. The molecule has 1 aromatic carbocycles. The summed E-state index contributed by atoms with van der Waals surface area (Å²) in [6.07, 6.45) is 0. The second-order valence-electron chi connectivity index (χ2n) is 5.49. The van der Waals surface area contributed by atoms with E-state index in [9.17, 15) is 13.2 Å². The molecule has 0 atom stereocenters. The second kappa shape index (κ2) is 5.71. The topological polar surface area (TPSA) is 74.7 Å². The van der Waals surface area contributed by atoms with E-state index in [0.717, 1.165) is 4.31 Å². The van der Waals surface area contributed by atoms with Crippen LogP contribution in [0.2, 0.25) is 5.02 Å². The Kier molecular flexibility index (Phi) is 4.84. The number of hydrogen-bond donors (Lipinski definition) is 1. The summed E-state index contributed by atoms with van der Waals surface area (Å²) >= 11 is 5.82. The molecule has 1 N–H and O–H groups in total. The fourth-order valence-electron chi connectivity index (χ4n) is 1.83. The van der Waals surface area contributed by atoms with Crippen molar-refractivity contribution in [2.75, 3.05) is 6.54 Å². The van der Waals surface area contributed by atoms with Gasteiger partial charge in [0.1, 0.15) is 6.54 Å². The molecule has 0 aliphatic rings. The quantitative estimate of drug-likeness (QED) is 0.925. The molecule has 0 aliphatic carbocycles. The van der Waals surface area contributed by atoms with Gasteiger partial charge in [0.15, 0.2) is 0 Å². The summed E-state index contributed by atoms with van der Waals surface area (Å²) in [6.45, 7) is 5.99. The predicted octanol–water partition coefficient (Wildman–Crippen LogP) is 2.52. The standard InChI is InChI=1S/C13H18ClNO4S/c1-9-7-10(14)5-6-11(9)20(18,19)15(8-12(16)17)13(2,3)4/h5-7H,8H2,1-4H3,(H,16,17). The number of hydrogen-bond acceptors (Lipinski definition) is 3. The molecular weight excluding hydrogens is 302 g/mol. The molecule has 0 unspecified atom stereocenters. The Morgan fingerprint density at radius 1 is 1.35 bits per heavy atom. The zero-order valence-electron chi connectivity index (χ0n) is 11.8. The number of sulfonamides is 1. The minimum Gasteiger partial charge on any atom is -0.480 e. The minimum absolute atomic E-state index is 0.0677. The van der Waals surface area contributed by atoms with Gasteiger partial charge >= 0.3 is 5.97 Å². The van der Waals surface area contributed by atoms with Crippen molar-refractivity contribution in [1.29, 1.82) is 0 Å². The highest BCUT2D eigenvalue weighted by atomic mass is 35.5. The zero-order chi connectivity index (χ0) is 15.7. The van der Waals surface area contributed by atoms with Gasteiger partial charge in [0, 0.05) is 10.6 Å². The number of carboxylic acids is 1. The number of carbonyl (C=O) groups is 1. The van der Waals surface area contributed by atoms with E-state index in [1.54, 1.807) is 27.7 Å². The van der Waals surface area contributed by atoms with E-state index in [-0.39, 0.29) is 4.90 Å². The Bertz CT molecular complexity index is 620. The first-order chi connectivity index (χ1) is 8.96. The molecule has 1 aromatic rings. The molecule has 1 rings (SSSR count). The number of aliphatic carboxylic acids is 1. The van der Waals surface area contributed by atoms with Gasteiger partial charge in [0.2, 0.25) is 10.0 Å². The first kappa shape index (κ1) is 16.9. The normalized spacial score (nSPS) is 12.7. The molecule has 0 spiro atoms. The van der Waals surface area contributed by atoms with Gasteiger partial charge in [0.05, 0.1) is 4.90 Å². The summed E-state index contributed by atoms with van der Waals surface area (Å²) in [5, 5.41) is 9.38. The van der Waals surface area contributed by atoms with Gasteiger partial charge in [-0.25, -0.2) is 8.42 Å². The van der Waals surface area contributed by atoms with Crippen molar-refractivity contribution in [1.82, 2.24) is 4.31 Å². The first-order valence-electron chi connectivity index (χ1n) is 5.97. The largest absolute Gasteiger partial charge is 0.480 e. The van der Waals surface area contributed by atoms with Crippen molar-refractivity contribution >= 4 is 27.6 Å². The Hall–Kier alpha value is -1.11. The second-order valence-corrected chi connectivity index (χ2v) is 7.75. The van der Waals surface area contributed by atoms with Crippen molar-refractivity contribution in [2.24, 2.45) is 0 Å². The zero-order valence-corrected chi connectivity index (χ0v) is 13.4. The van der Waals surface area contributed by atoms with Crippen LogP contribution >= 0.6 is 11.6 Å². The van der Waals surface area contributed by atoms with Crippen molar-refractivity contribution in [3.63, 3.8) is 0 Å². The van der Waals surface area contributed by atoms with E-state index < -0.39 is 28.1 Å². The van der Waals surface area contributed by atoms with Crippen molar-refractivity contribution < 1.29 is 18.3 Å². The molecule has 0 aromatic heterocycles. The summed E-state index contributed by atoms with van der Waals surface area (Å²) < 4.78 is 26.3. The monoisotopic (exact) mass is 319 g/mol. The van der Waals surface area contributed by atoms with Gasteiger partial charge in [0.25, 0.3) is 0 Å². The summed E-state index contributed by atoms with van der Waals surface area (Å²) in [5.74, 6) is -1.20. The lowest BCUT2D eigenvalue weighted by atomic mass is 10.1. The van der Waals surface area contributed by atoms with E-state index in [1.165, 1.54) is 18.2 Å². The summed E-state index contributed by atoms with van der Waals surface area (Å²) in [6, 6.07) is 4.41. The van der Waals surface area contributed by atoms with Gasteiger partial charge in [-0.1, -0.05) is 11.6 Å². The van der Waals surface area contributed by atoms with Crippen LogP contribution in [0.3, 0.4) is 0 Å². The van der Waals surface area contributed by atoms with Crippen LogP contribution in [-0.4, -0.2) is 35.9 Å². The molecule has 0 saturated carbocycles. The number of nitrogens with zero attached hydrogens (tertiary/aromatic N) is 1. The number of halogens is 1. The van der Waals surface area contributed by atoms with Gasteiger partial charge in [-0.2, -0.15) is 4.31 Å². The lowest BCUT2D eigenvalue weighted by molar-refractivity contribution is -0.138. The third kappa shape index (κ3) is 3.71. The number of benzene rings is 1. The third-order valence-electron chi connectivity index (χ3n) is 2.73. The highest BCUT2D eigenvalue weighted by Crippen LogP contribution is 2.27. The molecule has 7 heteroatoms. The van der Waals surface area contributed by atoms with Crippen LogP contribution in [0.5, 0.6) is 0 Å². The molecule has 0 radical (unpaired) electrons. The van der Waals surface area contributed by atoms with E-state index in [1.807, 2.05) is 0 Å². The van der Waals surface area contributed by atoms with E-state index in [4.69, 9.17) is 16.7 Å². The van der Waals surface area contributed by atoms with Crippen LogP contribution < -0.4 is 0 Å².